The van der Waals surface area contributed by atoms with Crippen molar-refractivity contribution in [2.75, 3.05) is 13.2 Å². The molecule has 1 aromatic carbocycles. The van der Waals surface area contributed by atoms with E-state index in [0.29, 0.717) is 13.2 Å². The summed E-state index contributed by atoms with van der Waals surface area (Å²) in [5.41, 5.74) is 0.984. The molecule has 1 aromatic rings. The monoisotopic (exact) mass is 412 g/mol. The molecule has 0 radical (unpaired) electrons. The van der Waals surface area contributed by atoms with E-state index in [9.17, 15) is 4.21 Å². The van der Waals surface area contributed by atoms with Crippen molar-refractivity contribution in [3.63, 3.8) is 0 Å². The average molecular weight is 413 g/mol. The zero-order chi connectivity index (χ0) is 17.8. The van der Waals surface area contributed by atoms with Crippen LogP contribution in [0.15, 0.2) is 51.7 Å². The molecule has 1 atom stereocenters. The lowest BCUT2D eigenvalue weighted by molar-refractivity contribution is -0.284. The normalized spacial score (nSPS) is 20.8. The maximum absolute atomic E-state index is 12.4. The maximum Gasteiger partial charge on any atom is 0.162 e. The lowest BCUT2D eigenvalue weighted by atomic mass is 9.82. The van der Waals surface area contributed by atoms with Gasteiger partial charge in [0.25, 0.3) is 0 Å². The predicted octanol–water partition coefficient (Wildman–Crippen LogP) is 5.07. The Balaban J connectivity index is 2.03. The first-order valence-electron chi connectivity index (χ1n) is 7.97. The van der Waals surface area contributed by atoms with E-state index in [1.807, 2.05) is 51.1 Å². The minimum absolute atomic E-state index is 0.177. The minimum Gasteiger partial charge on any atom is -0.350 e. The second-order valence-corrected chi connectivity index (χ2v) is 9.32. The third-order valence-corrected chi connectivity index (χ3v) is 5.50. The Morgan fingerprint density at radius 1 is 1.29 bits per heavy atom. The molecular formula is C19H25BrO3S. The summed E-state index contributed by atoms with van der Waals surface area (Å²) in [4.78, 5) is 0.813. The Morgan fingerprint density at radius 3 is 2.42 bits per heavy atom. The summed E-state index contributed by atoms with van der Waals surface area (Å²) in [5.74, 6) is -0.550. The van der Waals surface area contributed by atoms with Gasteiger partial charge in [-0.25, -0.2) is 4.21 Å². The van der Waals surface area contributed by atoms with Crippen LogP contribution < -0.4 is 0 Å². The molecule has 0 aromatic heterocycles. The standard InChI is InChI=1S/C19H25BrO3S/c1-15-6-8-17(9-7-15)24(21)11-5-10-19(12-16(2)20)13-22-18(3,4)23-14-19/h5-9,11H,2,10,12-14H2,1,3-4H3/b11-5+/t24-/m1/s1. The van der Waals surface area contributed by atoms with Gasteiger partial charge in [-0.15, -0.1) is 0 Å². The molecule has 3 nitrogen and oxygen atoms in total. The molecule has 2 rings (SSSR count). The largest absolute Gasteiger partial charge is 0.350 e. The van der Waals surface area contributed by atoms with Crippen molar-refractivity contribution in [1.82, 2.24) is 0 Å². The van der Waals surface area contributed by atoms with E-state index in [2.05, 4.69) is 22.5 Å². The summed E-state index contributed by atoms with van der Waals surface area (Å²) in [5, 5.41) is 1.75. The van der Waals surface area contributed by atoms with Gasteiger partial charge in [-0.05, 0) is 50.2 Å². The number of aryl methyl sites for hydroxylation is 1. The number of halogens is 1. The fraction of sp³-hybridized carbons (Fsp3) is 0.474. The lowest BCUT2D eigenvalue weighted by Gasteiger charge is -2.43. The fourth-order valence-electron chi connectivity index (χ4n) is 2.57. The molecule has 1 heterocycles. The Bertz CT molecular complexity index is 625. The molecule has 1 fully saturated rings. The van der Waals surface area contributed by atoms with Crippen LogP contribution in [0.1, 0.15) is 32.3 Å². The van der Waals surface area contributed by atoms with Gasteiger partial charge in [-0.2, -0.15) is 0 Å². The van der Waals surface area contributed by atoms with E-state index < -0.39 is 16.6 Å². The Morgan fingerprint density at radius 2 is 1.88 bits per heavy atom. The van der Waals surface area contributed by atoms with Gasteiger partial charge in [-0.3, -0.25) is 0 Å². The molecule has 1 aliphatic heterocycles. The smallest absolute Gasteiger partial charge is 0.162 e. The third-order valence-electron chi connectivity index (χ3n) is 4.04. The van der Waals surface area contributed by atoms with Crippen molar-refractivity contribution in [3.8, 4) is 0 Å². The van der Waals surface area contributed by atoms with E-state index in [1.165, 1.54) is 0 Å². The van der Waals surface area contributed by atoms with E-state index in [0.717, 1.165) is 27.8 Å². The molecule has 0 aliphatic carbocycles. The van der Waals surface area contributed by atoms with Crippen LogP contribution in [0.4, 0.5) is 0 Å². The van der Waals surface area contributed by atoms with Crippen LogP contribution in [-0.4, -0.2) is 23.2 Å². The molecular weight excluding hydrogens is 388 g/mol. The first-order valence-corrected chi connectivity index (χ1v) is 9.97. The average Bonchev–Trinajstić information content (AvgIpc) is 2.50. The highest BCUT2D eigenvalue weighted by molar-refractivity contribution is 9.11. The maximum atomic E-state index is 12.4. The second kappa shape index (κ2) is 8.09. The van der Waals surface area contributed by atoms with E-state index in [1.54, 1.807) is 5.41 Å². The van der Waals surface area contributed by atoms with Gasteiger partial charge < -0.3 is 9.47 Å². The zero-order valence-electron chi connectivity index (χ0n) is 14.5. The number of hydrogen-bond donors (Lipinski definition) is 0. The van der Waals surface area contributed by atoms with Crippen LogP contribution >= 0.6 is 15.9 Å². The van der Waals surface area contributed by atoms with Gasteiger partial charge >= 0.3 is 0 Å². The summed E-state index contributed by atoms with van der Waals surface area (Å²) in [6.07, 6.45) is 3.45. The highest BCUT2D eigenvalue weighted by Gasteiger charge is 2.39. The number of hydrogen-bond acceptors (Lipinski definition) is 3. The lowest BCUT2D eigenvalue weighted by Crippen LogP contribution is -2.46. The topological polar surface area (TPSA) is 35.5 Å². The first kappa shape index (κ1) is 19.6. The van der Waals surface area contributed by atoms with Crippen LogP contribution in [0, 0.1) is 12.3 Å². The fourth-order valence-corrected chi connectivity index (χ4v) is 4.00. The molecule has 1 aliphatic rings. The van der Waals surface area contributed by atoms with E-state index in [4.69, 9.17) is 9.47 Å². The van der Waals surface area contributed by atoms with E-state index >= 15 is 0 Å². The number of allylic oxidation sites excluding steroid dienone is 2. The summed E-state index contributed by atoms with van der Waals surface area (Å²) in [7, 11) is -1.14. The van der Waals surface area contributed by atoms with Crippen molar-refractivity contribution in [2.24, 2.45) is 5.41 Å². The molecule has 24 heavy (non-hydrogen) atoms. The predicted molar refractivity (Wildman–Crippen MR) is 102 cm³/mol. The van der Waals surface area contributed by atoms with Crippen LogP contribution in [0.5, 0.6) is 0 Å². The molecule has 0 unspecified atom stereocenters. The van der Waals surface area contributed by atoms with Gasteiger partial charge in [0.1, 0.15) is 0 Å². The Kier molecular flexibility index (Phi) is 6.59. The van der Waals surface area contributed by atoms with Crippen LogP contribution in [0.2, 0.25) is 0 Å². The van der Waals surface area contributed by atoms with Crippen molar-refractivity contribution >= 4 is 26.7 Å². The van der Waals surface area contributed by atoms with Gasteiger partial charge in [0, 0.05) is 15.7 Å². The molecule has 0 spiro atoms. The van der Waals surface area contributed by atoms with Gasteiger partial charge in [0.05, 0.1) is 24.0 Å². The number of rotatable bonds is 6. The van der Waals surface area contributed by atoms with Crippen LogP contribution in [-0.2, 0) is 20.3 Å². The quantitative estimate of drug-likeness (QED) is 0.653. The number of benzene rings is 1. The van der Waals surface area contributed by atoms with Crippen LogP contribution in [0.25, 0.3) is 0 Å². The van der Waals surface area contributed by atoms with Crippen molar-refractivity contribution in [1.29, 1.82) is 0 Å². The molecule has 5 heteroatoms. The summed E-state index contributed by atoms with van der Waals surface area (Å²) >= 11 is 3.45. The highest BCUT2D eigenvalue weighted by atomic mass is 79.9. The van der Waals surface area contributed by atoms with Crippen molar-refractivity contribution < 1.29 is 13.7 Å². The van der Waals surface area contributed by atoms with Crippen LogP contribution in [0.3, 0.4) is 0 Å². The van der Waals surface area contributed by atoms with Gasteiger partial charge in [0.2, 0.25) is 0 Å². The third kappa shape index (κ3) is 5.66. The van der Waals surface area contributed by atoms with E-state index in [-0.39, 0.29) is 5.41 Å². The van der Waals surface area contributed by atoms with Crippen molar-refractivity contribution in [3.05, 3.63) is 52.4 Å². The van der Waals surface area contributed by atoms with Gasteiger partial charge in [0.15, 0.2) is 5.79 Å². The second-order valence-electron chi connectivity index (χ2n) is 6.86. The Hall–Kier alpha value is -0.750. The molecule has 1 saturated heterocycles. The molecule has 0 N–H and O–H groups in total. The first-order chi connectivity index (χ1) is 11.2. The summed E-state index contributed by atoms with van der Waals surface area (Å²) in [6, 6.07) is 7.76. The molecule has 0 bridgehead atoms. The zero-order valence-corrected chi connectivity index (χ0v) is 16.9. The highest BCUT2D eigenvalue weighted by Crippen LogP contribution is 2.39. The summed E-state index contributed by atoms with van der Waals surface area (Å²) < 4.78 is 25.0. The molecule has 132 valence electrons. The molecule has 0 amide bonds. The van der Waals surface area contributed by atoms with Crippen molar-refractivity contribution in [2.45, 2.75) is 44.3 Å². The minimum atomic E-state index is -1.14. The number of ether oxygens (including phenoxy) is 2. The summed E-state index contributed by atoms with van der Waals surface area (Å²) in [6.45, 7) is 11.0. The SMILES string of the molecule is C=C(Br)CC1(C/C=C/[S@@](=O)c2ccc(C)cc2)COC(C)(C)OC1. The Labute approximate surface area is 155 Å². The van der Waals surface area contributed by atoms with Gasteiger partial charge in [-0.1, -0.05) is 46.3 Å². The molecule has 0 saturated carbocycles.